The van der Waals surface area contributed by atoms with Crippen molar-refractivity contribution >= 4 is 0 Å². The van der Waals surface area contributed by atoms with Crippen LogP contribution < -0.4 is 0 Å². The predicted molar refractivity (Wildman–Crippen MR) is 80.3 cm³/mol. The average Bonchev–Trinajstić information content (AvgIpc) is 2.73. The van der Waals surface area contributed by atoms with Crippen LogP contribution in [-0.2, 0) is 0 Å². The molecule has 0 radical (unpaired) electrons. The monoisotopic (exact) mass is 252 g/mol. The van der Waals surface area contributed by atoms with E-state index in [2.05, 4.69) is 43.1 Å². The summed E-state index contributed by atoms with van der Waals surface area (Å²) in [5, 5.41) is 0. The third kappa shape index (κ3) is 5.32. The van der Waals surface area contributed by atoms with E-state index in [0.717, 1.165) is 6.54 Å². The fourth-order valence-electron chi connectivity index (χ4n) is 2.77. The largest absolute Gasteiger partial charge is 0.359 e. The van der Waals surface area contributed by atoms with Crippen molar-refractivity contribution in [1.82, 2.24) is 9.80 Å². The molecule has 0 saturated carbocycles. The molecule has 0 aromatic rings. The molecule has 0 saturated heterocycles. The van der Waals surface area contributed by atoms with E-state index in [1.165, 1.54) is 57.8 Å². The van der Waals surface area contributed by atoms with Crippen molar-refractivity contribution < 1.29 is 0 Å². The van der Waals surface area contributed by atoms with E-state index in [4.69, 9.17) is 0 Å². The summed E-state index contributed by atoms with van der Waals surface area (Å²) >= 11 is 0. The van der Waals surface area contributed by atoms with Crippen molar-refractivity contribution in [3.05, 3.63) is 12.4 Å². The van der Waals surface area contributed by atoms with Gasteiger partial charge >= 0.3 is 0 Å². The van der Waals surface area contributed by atoms with Crippen molar-refractivity contribution in [2.24, 2.45) is 0 Å². The molecule has 1 unspecified atom stereocenters. The third-order valence-electron chi connectivity index (χ3n) is 4.03. The van der Waals surface area contributed by atoms with Crippen molar-refractivity contribution in [2.75, 3.05) is 13.6 Å². The fraction of sp³-hybridized carbons (Fsp3) is 0.875. The summed E-state index contributed by atoms with van der Waals surface area (Å²) < 4.78 is 0. The van der Waals surface area contributed by atoms with E-state index in [9.17, 15) is 0 Å². The molecule has 0 aromatic carbocycles. The highest BCUT2D eigenvalue weighted by molar-refractivity contribution is 4.94. The first-order valence-electron chi connectivity index (χ1n) is 7.95. The van der Waals surface area contributed by atoms with E-state index in [-0.39, 0.29) is 0 Å². The predicted octanol–water partition coefficient (Wildman–Crippen LogP) is 4.58. The molecule has 2 heteroatoms. The van der Waals surface area contributed by atoms with Crippen LogP contribution in [0.15, 0.2) is 12.4 Å². The molecule has 1 heterocycles. The molecule has 0 fully saturated rings. The minimum atomic E-state index is 0.620. The quantitative estimate of drug-likeness (QED) is 0.525. The van der Waals surface area contributed by atoms with E-state index in [1.807, 2.05) is 0 Å². The molecule has 0 bridgehead atoms. The average molecular weight is 252 g/mol. The molecule has 106 valence electrons. The summed E-state index contributed by atoms with van der Waals surface area (Å²) in [7, 11) is 2.20. The smallest absolute Gasteiger partial charge is 0.100 e. The van der Waals surface area contributed by atoms with Crippen LogP contribution in [0.3, 0.4) is 0 Å². The van der Waals surface area contributed by atoms with Gasteiger partial charge in [0.05, 0.1) is 0 Å². The third-order valence-corrected chi connectivity index (χ3v) is 4.03. The van der Waals surface area contributed by atoms with Crippen molar-refractivity contribution in [3.63, 3.8) is 0 Å². The Hall–Kier alpha value is -0.660. The van der Waals surface area contributed by atoms with Gasteiger partial charge in [0.25, 0.3) is 0 Å². The fourth-order valence-corrected chi connectivity index (χ4v) is 2.77. The molecule has 0 aromatic heterocycles. The first kappa shape index (κ1) is 15.4. The summed E-state index contributed by atoms with van der Waals surface area (Å²) in [6.07, 6.45) is 17.7. The molecular weight excluding hydrogens is 220 g/mol. The van der Waals surface area contributed by atoms with Gasteiger partial charge in [-0.15, -0.1) is 0 Å². The standard InChI is InChI=1S/C16H32N2/c1-4-6-7-8-9-10-11-12-13-16-17(3)14-15-18(16)5-2/h14-16H,4-13H2,1-3H3. The number of hydrogen-bond donors (Lipinski definition) is 0. The molecule has 0 N–H and O–H groups in total. The molecule has 0 amide bonds. The number of unbranched alkanes of at least 4 members (excludes halogenated alkanes) is 7. The highest BCUT2D eigenvalue weighted by Gasteiger charge is 2.20. The van der Waals surface area contributed by atoms with Crippen LogP contribution in [0.25, 0.3) is 0 Å². The lowest BCUT2D eigenvalue weighted by molar-refractivity contribution is 0.167. The maximum absolute atomic E-state index is 2.45. The molecule has 1 rings (SSSR count). The van der Waals surface area contributed by atoms with E-state index < -0.39 is 0 Å². The van der Waals surface area contributed by atoms with Gasteiger partial charge in [0, 0.05) is 26.0 Å². The number of hydrogen-bond acceptors (Lipinski definition) is 2. The molecule has 18 heavy (non-hydrogen) atoms. The van der Waals surface area contributed by atoms with Gasteiger partial charge in [-0.05, 0) is 19.8 Å². The molecule has 0 spiro atoms. The van der Waals surface area contributed by atoms with Crippen LogP contribution in [0.5, 0.6) is 0 Å². The number of rotatable bonds is 10. The van der Waals surface area contributed by atoms with Gasteiger partial charge in [-0.2, -0.15) is 0 Å². The highest BCUT2D eigenvalue weighted by atomic mass is 15.4. The topological polar surface area (TPSA) is 6.48 Å². The van der Waals surface area contributed by atoms with Crippen molar-refractivity contribution in [2.45, 2.75) is 77.8 Å². The Bertz CT molecular complexity index is 225. The van der Waals surface area contributed by atoms with Crippen molar-refractivity contribution in [3.8, 4) is 0 Å². The van der Waals surface area contributed by atoms with Gasteiger partial charge in [0.1, 0.15) is 6.17 Å². The van der Waals surface area contributed by atoms with Crippen LogP contribution >= 0.6 is 0 Å². The summed E-state index contributed by atoms with van der Waals surface area (Å²) in [5.74, 6) is 0. The lowest BCUT2D eigenvalue weighted by atomic mass is 10.1. The first-order chi connectivity index (χ1) is 8.79. The summed E-state index contributed by atoms with van der Waals surface area (Å²) in [6.45, 7) is 5.65. The summed E-state index contributed by atoms with van der Waals surface area (Å²) in [4.78, 5) is 4.80. The second kappa shape index (κ2) is 9.29. The summed E-state index contributed by atoms with van der Waals surface area (Å²) in [5.41, 5.74) is 0. The van der Waals surface area contributed by atoms with Gasteiger partial charge in [0.2, 0.25) is 0 Å². The molecular formula is C16H32N2. The number of nitrogens with zero attached hydrogens (tertiary/aromatic N) is 2. The Balaban J connectivity index is 1.97. The molecule has 2 nitrogen and oxygen atoms in total. The zero-order valence-electron chi connectivity index (χ0n) is 12.7. The molecule has 1 atom stereocenters. The maximum atomic E-state index is 2.45. The Morgan fingerprint density at radius 2 is 1.44 bits per heavy atom. The Kier molecular flexibility index (Phi) is 7.95. The highest BCUT2D eigenvalue weighted by Crippen LogP contribution is 2.19. The normalized spacial score (nSPS) is 18.9. The van der Waals surface area contributed by atoms with Gasteiger partial charge in [-0.25, -0.2) is 0 Å². The SMILES string of the molecule is CCCCCCCCCCC1N(C)C=CN1CC. The first-order valence-corrected chi connectivity index (χ1v) is 7.95. The van der Waals surface area contributed by atoms with Crippen LogP contribution in [0.4, 0.5) is 0 Å². The van der Waals surface area contributed by atoms with Gasteiger partial charge in [0.15, 0.2) is 0 Å². The van der Waals surface area contributed by atoms with Crippen LogP contribution in [0.2, 0.25) is 0 Å². The molecule has 1 aliphatic heterocycles. The van der Waals surface area contributed by atoms with Gasteiger partial charge in [-0.1, -0.05) is 51.9 Å². The minimum Gasteiger partial charge on any atom is -0.359 e. The van der Waals surface area contributed by atoms with E-state index in [1.54, 1.807) is 0 Å². The van der Waals surface area contributed by atoms with E-state index >= 15 is 0 Å². The van der Waals surface area contributed by atoms with Gasteiger partial charge < -0.3 is 9.80 Å². The van der Waals surface area contributed by atoms with Crippen LogP contribution in [-0.4, -0.2) is 29.6 Å². The zero-order valence-corrected chi connectivity index (χ0v) is 12.7. The van der Waals surface area contributed by atoms with Crippen LogP contribution in [0, 0.1) is 0 Å². The van der Waals surface area contributed by atoms with E-state index in [0.29, 0.717) is 6.17 Å². The van der Waals surface area contributed by atoms with Crippen molar-refractivity contribution in [1.29, 1.82) is 0 Å². The molecule has 0 aliphatic carbocycles. The second-order valence-corrected chi connectivity index (χ2v) is 5.54. The van der Waals surface area contributed by atoms with Gasteiger partial charge in [-0.3, -0.25) is 0 Å². The summed E-state index contributed by atoms with van der Waals surface area (Å²) in [6, 6.07) is 0. The maximum Gasteiger partial charge on any atom is 0.100 e. The Labute approximate surface area is 114 Å². The zero-order chi connectivity index (χ0) is 13.2. The lowest BCUT2D eigenvalue weighted by Crippen LogP contribution is -2.36. The second-order valence-electron chi connectivity index (χ2n) is 5.54. The Morgan fingerprint density at radius 1 is 0.833 bits per heavy atom. The lowest BCUT2D eigenvalue weighted by Gasteiger charge is -2.29. The van der Waals surface area contributed by atoms with Crippen LogP contribution in [0.1, 0.15) is 71.6 Å². The molecule has 1 aliphatic rings. The Morgan fingerprint density at radius 3 is 2.06 bits per heavy atom. The minimum absolute atomic E-state index is 0.620.